The molecule has 3 aromatic heterocycles. The Morgan fingerprint density at radius 3 is 1.71 bits per heavy atom. The van der Waals surface area contributed by atoms with E-state index < -0.39 is 0 Å². The van der Waals surface area contributed by atoms with Crippen LogP contribution in [0.1, 0.15) is 5.56 Å². The standard InChI is InChI=1S/C17H12N4/c18-6-1-13-11-16(14-2-7-19-8-3-14)21-17(12-13)15-4-9-20-10-5-15/h2-5,7-12H,1H2. The van der Waals surface area contributed by atoms with Crippen LogP contribution >= 0.6 is 0 Å². The molecule has 21 heavy (non-hydrogen) atoms. The van der Waals surface area contributed by atoms with Gasteiger partial charge in [-0.15, -0.1) is 0 Å². The Balaban J connectivity index is 2.13. The van der Waals surface area contributed by atoms with Crippen molar-refractivity contribution in [3.05, 3.63) is 66.7 Å². The lowest BCUT2D eigenvalue weighted by atomic mass is 10.0. The lowest BCUT2D eigenvalue weighted by Crippen LogP contribution is -1.93. The number of aromatic nitrogens is 3. The number of nitrogens with zero attached hydrogens (tertiary/aromatic N) is 4. The van der Waals surface area contributed by atoms with Gasteiger partial charge in [-0.05, 0) is 42.0 Å². The second-order valence-electron chi connectivity index (χ2n) is 4.55. The van der Waals surface area contributed by atoms with Gasteiger partial charge in [-0.25, -0.2) is 4.98 Å². The number of rotatable bonds is 3. The van der Waals surface area contributed by atoms with E-state index in [1.165, 1.54) is 0 Å². The topological polar surface area (TPSA) is 62.5 Å². The second kappa shape index (κ2) is 5.93. The summed E-state index contributed by atoms with van der Waals surface area (Å²) in [5.74, 6) is 0. The molecule has 3 rings (SSSR count). The third kappa shape index (κ3) is 2.93. The molecule has 0 atom stereocenters. The van der Waals surface area contributed by atoms with Gasteiger partial charge in [-0.1, -0.05) is 0 Å². The van der Waals surface area contributed by atoms with Gasteiger partial charge < -0.3 is 0 Å². The summed E-state index contributed by atoms with van der Waals surface area (Å²) < 4.78 is 0. The fourth-order valence-corrected chi connectivity index (χ4v) is 2.12. The highest BCUT2D eigenvalue weighted by molar-refractivity contribution is 5.67. The Kier molecular flexibility index (Phi) is 3.66. The van der Waals surface area contributed by atoms with E-state index in [0.717, 1.165) is 28.1 Å². The van der Waals surface area contributed by atoms with Gasteiger partial charge in [-0.3, -0.25) is 9.97 Å². The first-order chi connectivity index (χ1) is 10.4. The summed E-state index contributed by atoms with van der Waals surface area (Å²) in [5.41, 5.74) is 4.61. The van der Waals surface area contributed by atoms with Crippen molar-refractivity contribution in [3.63, 3.8) is 0 Å². The van der Waals surface area contributed by atoms with Crippen molar-refractivity contribution >= 4 is 0 Å². The van der Waals surface area contributed by atoms with Gasteiger partial charge in [0.05, 0.1) is 23.9 Å². The average Bonchev–Trinajstić information content (AvgIpc) is 2.56. The van der Waals surface area contributed by atoms with Crippen LogP contribution in [0.25, 0.3) is 22.5 Å². The first-order valence-corrected chi connectivity index (χ1v) is 6.55. The van der Waals surface area contributed by atoms with Crippen LogP contribution in [-0.4, -0.2) is 15.0 Å². The number of pyridine rings is 3. The molecule has 0 radical (unpaired) electrons. The normalized spacial score (nSPS) is 10.0. The Labute approximate surface area is 122 Å². The highest BCUT2D eigenvalue weighted by atomic mass is 14.7. The Hall–Kier alpha value is -3.06. The van der Waals surface area contributed by atoms with E-state index in [2.05, 4.69) is 16.0 Å². The maximum absolute atomic E-state index is 8.95. The number of hydrogen-bond acceptors (Lipinski definition) is 4. The van der Waals surface area contributed by atoms with Crippen LogP contribution in [-0.2, 0) is 6.42 Å². The fourth-order valence-electron chi connectivity index (χ4n) is 2.12. The van der Waals surface area contributed by atoms with Gasteiger partial charge in [0.2, 0.25) is 0 Å². The second-order valence-corrected chi connectivity index (χ2v) is 4.55. The third-order valence-corrected chi connectivity index (χ3v) is 3.12. The molecule has 0 bridgehead atoms. The first-order valence-electron chi connectivity index (χ1n) is 6.55. The largest absolute Gasteiger partial charge is 0.265 e. The summed E-state index contributed by atoms with van der Waals surface area (Å²) >= 11 is 0. The Bertz CT molecular complexity index is 719. The molecule has 3 aromatic rings. The monoisotopic (exact) mass is 272 g/mol. The zero-order chi connectivity index (χ0) is 14.5. The van der Waals surface area contributed by atoms with Crippen molar-refractivity contribution in [1.82, 2.24) is 15.0 Å². The van der Waals surface area contributed by atoms with E-state index in [-0.39, 0.29) is 0 Å². The van der Waals surface area contributed by atoms with Crippen molar-refractivity contribution in [2.24, 2.45) is 0 Å². The van der Waals surface area contributed by atoms with Crippen molar-refractivity contribution in [2.75, 3.05) is 0 Å². The van der Waals surface area contributed by atoms with Crippen LogP contribution in [0.4, 0.5) is 0 Å². The number of nitriles is 1. The first kappa shape index (κ1) is 12.9. The molecule has 0 aromatic carbocycles. The summed E-state index contributed by atoms with van der Waals surface area (Å²) in [6.45, 7) is 0. The molecule has 4 heteroatoms. The summed E-state index contributed by atoms with van der Waals surface area (Å²) in [6.07, 6.45) is 7.30. The number of hydrogen-bond donors (Lipinski definition) is 0. The average molecular weight is 272 g/mol. The van der Waals surface area contributed by atoms with E-state index in [0.29, 0.717) is 6.42 Å². The highest BCUT2D eigenvalue weighted by Crippen LogP contribution is 2.24. The molecular weight excluding hydrogens is 260 g/mol. The Morgan fingerprint density at radius 2 is 1.29 bits per heavy atom. The minimum Gasteiger partial charge on any atom is -0.265 e. The van der Waals surface area contributed by atoms with Crippen LogP contribution in [0.15, 0.2) is 61.2 Å². The maximum atomic E-state index is 8.95. The van der Waals surface area contributed by atoms with E-state index >= 15 is 0 Å². The molecule has 100 valence electrons. The van der Waals surface area contributed by atoms with Crippen molar-refractivity contribution < 1.29 is 0 Å². The summed E-state index contributed by atoms with van der Waals surface area (Å²) in [4.78, 5) is 12.7. The molecule has 0 fully saturated rings. The predicted molar refractivity (Wildman–Crippen MR) is 80.0 cm³/mol. The molecule has 0 N–H and O–H groups in total. The van der Waals surface area contributed by atoms with Crippen LogP contribution in [0, 0.1) is 11.3 Å². The van der Waals surface area contributed by atoms with Gasteiger partial charge in [0, 0.05) is 35.9 Å². The molecule has 0 saturated carbocycles. The predicted octanol–water partition coefficient (Wildman–Crippen LogP) is 3.27. The third-order valence-electron chi connectivity index (χ3n) is 3.12. The van der Waals surface area contributed by atoms with Crippen LogP contribution in [0.2, 0.25) is 0 Å². The van der Waals surface area contributed by atoms with Gasteiger partial charge in [0.15, 0.2) is 0 Å². The molecule has 4 nitrogen and oxygen atoms in total. The lowest BCUT2D eigenvalue weighted by Gasteiger charge is -2.07. The van der Waals surface area contributed by atoms with Crippen LogP contribution < -0.4 is 0 Å². The summed E-state index contributed by atoms with van der Waals surface area (Å²) in [6, 6.07) is 13.7. The van der Waals surface area contributed by atoms with E-state index in [1.54, 1.807) is 24.8 Å². The smallest absolute Gasteiger partial charge is 0.0713 e. The summed E-state index contributed by atoms with van der Waals surface area (Å²) in [7, 11) is 0. The summed E-state index contributed by atoms with van der Waals surface area (Å²) in [5, 5.41) is 8.95. The molecule has 0 aliphatic rings. The SMILES string of the molecule is N#CCc1cc(-c2ccncc2)nc(-c2ccncc2)c1. The minimum absolute atomic E-state index is 0.360. The maximum Gasteiger partial charge on any atom is 0.0713 e. The lowest BCUT2D eigenvalue weighted by molar-refractivity contribution is 1.21. The van der Waals surface area contributed by atoms with E-state index in [1.807, 2.05) is 36.4 Å². The molecule has 3 heterocycles. The highest BCUT2D eigenvalue weighted by Gasteiger charge is 2.07. The molecule has 0 unspecified atom stereocenters. The Morgan fingerprint density at radius 1 is 0.810 bits per heavy atom. The van der Waals surface area contributed by atoms with Gasteiger partial charge in [0.25, 0.3) is 0 Å². The van der Waals surface area contributed by atoms with E-state index in [4.69, 9.17) is 10.2 Å². The fraction of sp³-hybridized carbons (Fsp3) is 0.0588. The minimum atomic E-state index is 0.360. The zero-order valence-electron chi connectivity index (χ0n) is 11.3. The molecule has 0 amide bonds. The molecular formula is C17H12N4. The molecule has 0 spiro atoms. The van der Waals surface area contributed by atoms with Gasteiger partial charge in [-0.2, -0.15) is 5.26 Å². The van der Waals surface area contributed by atoms with Crippen molar-refractivity contribution in [3.8, 4) is 28.6 Å². The molecule has 0 saturated heterocycles. The van der Waals surface area contributed by atoms with Crippen LogP contribution in [0.5, 0.6) is 0 Å². The van der Waals surface area contributed by atoms with Crippen molar-refractivity contribution in [1.29, 1.82) is 5.26 Å². The van der Waals surface area contributed by atoms with Crippen LogP contribution in [0.3, 0.4) is 0 Å². The van der Waals surface area contributed by atoms with Gasteiger partial charge >= 0.3 is 0 Å². The van der Waals surface area contributed by atoms with E-state index in [9.17, 15) is 0 Å². The zero-order valence-corrected chi connectivity index (χ0v) is 11.3. The molecule has 0 aliphatic heterocycles. The molecule has 0 aliphatic carbocycles. The quantitative estimate of drug-likeness (QED) is 0.734. The van der Waals surface area contributed by atoms with Gasteiger partial charge in [0.1, 0.15) is 0 Å². The van der Waals surface area contributed by atoms with Crippen molar-refractivity contribution in [2.45, 2.75) is 6.42 Å².